The molecule has 3 heterocycles. The maximum Gasteiger partial charge on any atom is 0.342 e. The molecule has 23 heavy (non-hydrogen) atoms. The standard InChI is InChI=1S/C16H15N5O2/c17-8-11-9-18-16(23-11)20-19-13-7-10-3-1-5-21-6-2-4-12(14(10)21)15(13)22/h7,9,22H,1-6H2. The van der Waals surface area contributed by atoms with Crippen molar-refractivity contribution >= 4 is 17.4 Å². The van der Waals surface area contributed by atoms with Gasteiger partial charge in [0.2, 0.25) is 5.76 Å². The molecule has 1 N–H and O–H groups in total. The van der Waals surface area contributed by atoms with E-state index in [1.807, 2.05) is 12.1 Å². The number of phenolic OH excluding ortho intramolecular Hbond substituents is 1. The number of phenols is 1. The Kier molecular flexibility index (Phi) is 3.23. The molecule has 0 saturated heterocycles. The Balaban J connectivity index is 1.73. The van der Waals surface area contributed by atoms with Gasteiger partial charge in [-0.15, -0.1) is 5.11 Å². The van der Waals surface area contributed by atoms with Gasteiger partial charge in [-0.2, -0.15) is 10.2 Å². The molecule has 0 saturated carbocycles. The molecule has 2 aromatic rings. The van der Waals surface area contributed by atoms with Gasteiger partial charge in [-0.05, 0) is 37.3 Å². The van der Waals surface area contributed by atoms with E-state index in [0.29, 0.717) is 5.69 Å². The molecule has 1 aromatic carbocycles. The predicted octanol–water partition coefficient (Wildman–Crippen LogP) is 3.37. The molecule has 1 aromatic heterocycles. The summed E-state index contributed by atoms with van der Waals surface area (Å²) in [6.45, 7) is 2.10. The lowest BCUT2D eigenvalue weighted by Crippen LogP contribution is -2.34. The van der Waals surface area contributed by atoms with Gasteiger partial charge in [0.05, 0.1) is 6.20 Å². The number of aromatic hydroxyl groups is 1. The number of oxazole rings is 1. The van der Waals surface area contributed by atoms with Crippen LogP contribution >= 0.6 is 0 Å². The first kappa shape index (κ1) is 13.8. The summed E-state index contributed by atoms with van der Waals surface area (Å²) in [5.74, 6) is 0.269. The lowest BCUT2D eigenvalue weighted by atomic mass is 9.90. The number of rotatable bonds is 2. The Hall–Kier alpha value is -2.88. The topological polar surface area (TPSA) is 98.0 Å². The summed E-state index contributed by atoms with van der Waals surface area (Å²) in [5.41, 5.74) is 3.79. The Labute approximate surface area is 132 Å². The van der Waals surface area contributed by atoms with Gasteiger partial charge in [0.15, 0.2) is 0 Å². The van der Waals surface area contributed by atoms with E-state index in [4.69, 9.17) is 9.68 Å². The van der Waals surface area contributed by atoms with Gasteiger partial charge >= 0.3 is 6.01 Å². The Morgan fingerprint density at radius 2 is 2.09 bits per heavy atom. The molecular formula is C16H15N5O2. The summed E-state index contributed by atoms with van der Waals surface area (Å²) in [7, 11) is 0. The van der Waals surface area contributed by atoms with Crippen LogP contribution in [0.4, 0.5) is 17.4 Å². The van der Waals surface area contributed by atoms with Crippen molar-refractivity contribution < 1.29 is 9.52 Å². The van der Waals surface area contributed by atoms with Crippen molar-refractivity contribution in [1.29, 1.82) is 5.26 Å². The number of nitriles is 1. The molecule has 4 rings (SSSR count). The normalized spacial score (nSPS) is 16.4. The molecule has 0 atom stereocenters. The summed E-state index contributed by atoms with van der Waals surface area (Å²) in [6, 6.07) is 3.74. The zero-order valence-electron chi connectivity index (χ0n) is 12.5. The summed E-state index contributed by atoms with van der Waals surface area (Å²) in [6.07, 6.45) is 5.28. The average molecular weight is 309 g/mol. The van der Waals surface area contributed by atoms with E-state index >= 15 is 0 Å². The SMILES string of the molecule is N#Cc1cnc(N=Nc2cc3c4c(c2O)CCCN4CCC3)o1. The average Bonchev–Trinajstić information content (AvgIpc) is 3.05. The van der Waals surface area contributed by atoms with Crippen molar-refractivity contribution in [1.82, 2.24) is 4.98 Å². The second-order valence-corrected chi connectivity index (χ2v) is 5.74. The first-order chi connectivity index (χ1) is 11.3. The van der Waals surface area contributed by atoms with Crippen LogP contribution in [0.5, 0.6) is 5.75 Å². The minimum Gasteiger partial charge on any atom is -0.505 e. The maximum atomic E-state index is 10.5. The largest absolute Gasteiger partial charge is 0.505 e. The van der Waals surface area contributed by atoms with Gasteiger partial charge in [0.25, 0.3) is 0 Å². The van der Waals surface area contributed by atoms with Crippen LogP contribution in [0.15, 0.2) is 26.9 Å². The number of hydrogen-bond donors (Lipinski definition) is 1. The first-order valence-electron chi connectivity index (χ1n) is 7.66. The Bertz CT molecular complexity index is 832. The van der Waals surface area contributed by atoms with E-state index in [1.165, 1.54) is 17.4 Å². The van der Waals surface area contributed by atoms with Crippen LogP contribution in [-0.2, 0) is 12.8 Å². The third-order valence-electron chi connectivity index (χ3n) is 4.32. The van der Waals surface area contributed by atoms with Gasteiger partial charge in [-0.3, -0.25) is 0 Å². The van der Waals surface area contributed by atoms with Crippen LogP contribution in [0.2, 0.25) is 0 Å². The zero-order valence-corrected chi connectivity index (χ0v) is 12.5. The smallest absolute Gasteiger partial charge is 0.342 e. The fourth-order valence-electron chi connectivity index (χ4n) is 3.36. The summed E-state index contributed by atoms with van der Waals surface area (Å²) in [4.78, 5) is 6.20. The summed E-state index contributed by atoms with van der Waals surface area (Å²) in [5, 5.41) is 27.2. The van der Waals surface area contributed by atoms with Crippen LogP contribution in [-0.4, -0.2) is 23.2 Å². The van der Waals surface area contributed by atoms with E-state index in [-0.39, 0.29) is 17.5 Å². The van der Waals surface area contributed by atoms with Gasteiger partial charge in [-0.1, -0.05) is 5.11 Å². The van der Waals surface area contributed by atoms with Crippen molar-refractivity contribution in [3.63, 3.8) is 0 Å². The van der Waals surface area contributed by atoms with E-state index in [0.717, 1.165) is 44.3 Å². The minimum absolute atomic E-state index is 0.00828. The van der Waals surface area contributed by atoms with Crippen molar-refractivity contribution in [2.75, 3.05) is 18.0 Å². The van der Waals surface area contributed by atoms with Crippen LogP contribution in [0.25, 0.3) is 0 Å². The van der Waals surface area contributed by atoms with Gasteiger partial charge in [-0.25, -0.2) is 0 Å². The zero-order chi connectivity index (χ0) is 15.8. The number of nitrogens with zero attached hydrogens (tertiary/aromatic N) is 5. The number of anilines is 1. The monoisotopic (exact) mass is 309 g/mol. The van der Waals surface area contributed by atoms with E-state index < -0.39 is 0 Å². The lowest BCUT2D eigenvalue weighted by molar-refractivity contribution is 0.463. The Morgan fingerprint density at radius 3 is 2.87 bits per heavy atom. The van der Waals surface area contributed by atoms with Gasteiger partial charge in [0, 0.05) is 24.3 Å². The highest BCUT2D eigenvalue weighted by Crippen LogP contribution is 2.45. The number of azo groups is 1. The van der Waals surface area contributed by atoms with Gasteiger partial charge in [0.1, 0.15) is 17.5 Å². The maximum absolute atomic E-state index is 10.5. The number of benzene rings is 1. The molecule has 0 amide bonds. The molecule has 0 bridgehead atoms. The van der Waals surface area contributed by atoms with E-state index in [2.05, 4.69) is 20.1 Å². The lowest BCUT2D eigenvalue weighted by Gasteiger charge is -2.37. The molecule has 7 heteroatoms. The number of hydrogen-bond acceptors (Lipinski definition) is 7. The molecule has 0 aliphatic carbocycles. The van der Waals surface area contributed by atoms with Crippen LogP contribution in [0, 0.1) is 11.3 Å². The highest BCUT2D eigenvalue weighted by Gasteiger charge is 2.27. The first-order valence-corrected chi connectivity index (χ1v) is 7.66. The molecule has 2 aliphatic heterocycles. The summed E-state index contributed by atoms with van der Waals surface area (Å²) >= 11 is 0. The Morgan fingerprint density at radius 1 is 1.26 bits per heavy atom. The second kappa shape index (κ2) is 5.39. The fraction of sp³-hybridized carbons (Fsp3) is 0.375. The fourth-order valence-corrected chi connectivity index (χ4v) is 3.36. The molecule has 2 aliphatic rings. The van der Waals surface area contributed by atoms with Crippen molar-refractivity contribution in [2.45, 2.75) is 25.7 Å². The molecule has 116 valence electrons. The van der Waals surface area contributed by atoms with Crippen molar-refractivity contribution in [3.05, 3.63) is 29.2 Å². The van der Waals surface area contributed by atoms with Crippen LogP contribution in [0.1, 0.15) is 29.7 Å². The van der Waals surface area contributed by atoms with Crippen molar-refractivity contribution in [3.8, 4) is 11.8 Å². The number of aryl methyl sites for hydroxylation is 1. The number of aromatic nitrogens is 1. The summed E-state index contributed by atoms with van der Waals surface area (Å²) < 4.78 is 5.07. The molecule has 0 fully saturated rings. The van der Waals surface area contributed by atoms with Gasteiger partial charge < -0.3 is 14.4 Å². The van der Waals surface area contributed by atoms with Crippen molar-refractivity contribution in [2.24, 2.45) is 10.2 Å². The molecule has 0 spiro atoms. The molecular weight excluding hydrogens is 294 g/mol. The van der Waals surface area contributed by atoms with Crippen LogP contribution < -0.4 is 4.90 Å². The van der Waals surface area contributed by atoms with Crippen LogP contribution in [0.3, 0.4) is 0 Å². The van der Waals surface area contributed by atoms with E-state index in [1.54, 1.807) is 0 Å². The second-order valence-electron chi connectivity index (χ2n) is 5.74. The third-order valence-corrected chi connectivity index (χ3v) is 4.32. The minimum atomic E-state index is 0.00828. The highest BCUT2D eigenvalue weighted by atomic mass is 16.4. The highest BCUT2D eigenvalue weighted by molar-refractivity contribution is 5.73. The predicted molar refractivity (Wildman–Crippen MR) is 82.4 cm³/mol. The van der Waals surface area contributed by atoms with E-state index in [9.17, 15) is 5.11 Å². The quantitative estimate of drug-likeness (QED) is 0.858. The molecule has 0 unspecified atom stereocenters. The molecule has 7 nitrogen and oxygen atoms in total. The third kappa shape index (κ3) is 2.32. The molecule has 0 radical (unpaired) electrons.